The van der Waals surface area contributed by atoms with Crippen molar-refractivity contribution in [2.75, 3.05) is 26.6 Å². The Morgan fingerprint density at radius 1 is 1.00 bits per heavy atom. The van der Waals surface area contributed by atoms with E-state index < -0.39 is 18.0 Å². The number of rotatable bonds is 8. The minimum absolute atomic E-state index is 0.379. The molecule has 0 heterocycles. The molecule has 0 aliphatic heterocycles. The Labute approximate surface area is 174 Å². The minimum Gasteiger partial charge on any atom is -0.497 e. The van der Waals surface area contributed by atoms with E-state index >= 15 is 0 Å². The first-order chi connectivity index (χ1) is 13.9. The van der Waals surface area contributed by atoms with Gasteiger partial charge < -0.3 is 24.3 Å². The zero-order valence-electron chi connectivity index (χ0n) is 16.5. The molecule has 7 nitrogen and oxygen atoms in total. The number of amides is 1. The van der Waals surface area contributed by atoms with Crippen molar-refractivity contribution in [3.63, 3.8) is 0 Å². The Morgan fingerprint density at radius 3 is 2.34 bits per heavy atom. The quantitative estimate of drug-likeness (QED) is 0.515. The number of methoxy groups -OCH3 is 3. The number of carbonyl (C=O) groups is 2. The van der Waals surface area contributed by atoms with Crippen molar-refractivity contribution in [2.45, 2.75) is 13.0 Å². The lowest BCUT2D eigenvalue weighted by molar-refractivity contribution is -0.148. The molecule has 2 rings (SSSR count). The van der Waals surface area contributed by atoms with Gasteiger partial charge in [0.1, 0.15) is 17.2 Å². The molecule has 0 fully saturated rings. The van der Waals surface area contributed by atoms with E-state index in [2.05, 4.69) is 5.32 Å². The Hall–Kier alpha value is -3.19. The normalized spacial score (nSPS) is 11.6. The van der Waals surface area contributed by atoms with Crippen LogP contribution in [0.1, 0.15) is 12.5 Å². The van der Waals surface area contributed by atoms with Gasteiger partial charge in [-0.1, -0.05) is 11.6 Å². The zero-order valence-corrected chi connectivity index (χ0v) is 17.3. The van der Waals surface area contributed by atoms with Crippen LogP contribution in [0.5, 0.6) is 17.2 Å². The first kappa shape index (κ1) is 22.1. The molecule has 0 spiro atoms. The molecule has 0 aliphatic rings. The van der Waals surface area contributed by atoms with Crippen LogP contribution in [0.2, 0.25) is 5.02 Å². The lowest BCUT2D eigenvalue weighted by Gasteiger charge is -2.14. The number of carbonyl (C=O) groups excluding carboxylic acids is 2. The number of halogens is 1. The molecule has 2 aromatic rings. The molecular formula is C21H22ClNO6. The third kappa shape index (κ3) is 6.15. The van der Waals surface area contributed by atoms with Gasteiger partial charge in [-0.05, 0) is 49.4 Å². The van der Waals surface area contributed by atoms with Crippen molar-refractivity contribution in [3.05, 3.63) is 53.1 Å². The summed E-state index contributed by atoms with van der Waals surface area (Å²) < 4.78 is 20.7. The third-order valence-corrected chi connectivity index (χ3v) is 4.15. The predicted octanol–water partition coefficient (Wildman–Crippen LogP) is 3.95. The van der Waals surface area contributed by atoms with E-state index in [0.717, 1.165) is 0 Å². The highest BCUT2D eigenvalue weighted by atomic mass is 35.5. The van der Waals surface area contributed by atoms with Gasteiger partial charge in [-0.25, -0.2) is 4.79 Å². The average Bonchev–Trinajstić information content (AvgIpc) is 2.72. The van der Waals surface area contributed by atoms with Crippen LogP contribution in [0, 0.1) is 0 Å². The fourth-order valence-electron chi connectivity index (χ4n) is 2.41. The van der Waals surface area contributed by atoms with Gasteiger partial charge in [0.05, 0.1) is 27.0 Å². The summed E-state index contributed by atoms with van der Waals surface area (Å²) in [5.74, 6) is 0.406. The third-order valence-electron chi connectivity index (χ3n) is 3.92. The van der Waals surface area contributed by atoms with Gasteiger partial charge >= 0.3 is 5.97 Å². The molecule has 154 valence electrons. The molecule has 8 heteroatoms. The Morgan fingerprint density at radius 2 is 1.69 bits per heavy atom. The van der Waals surface area contributed by atoms with E-state index in [1.165, 1.54) is 33.3 Å². The zero-order chi connectivity index (χ0) is 21.4. The number of anilines is 1. The summed E-state index contributed by atoms with van der Waals surface area (Å²) in [5, 5.41) is 3.06. The van der Waals surface area contributed by atoms with Gasteiger partial charge in [0, 0.05) is 16.7 Å². The SMILES string of the molecule is COc1ccc(OC)c(/C=C/C(=O)O[C@H](C)C(=O)Nc2cc(Cl)ccc2OC)c1. The maximum Gasteiger partial charge on any atom is 0.331 e. The van der Waals surface area contributed by atoms with Crippen LogP contribution in [0.25, 0.3) is 6.08 Å². The molecule has 0 unspecified atom stereocenters. The second-order valence-electron chi connectivity index (χ2n) is 5.85. The lowest BCUT2D eigenvalue weighted by atomic mass is 10.1. The van der Waals surface area contributed by atoms with E-state index in [-0.39, 0.29) is 0 Å². The Balaban J connectivity index is 2.03. The molecule has 29 heavy (non-hydrogen) atoms. The van der Waals surface area contributed by atoms with Crippen LogP contribution >= 0.6 is 11.6 Å². The molecule has 0 radical (unpaired) electrons. The van der Waals surface area contributed by atoms with Crippen LogP contribution < -0.4 is 19.5 Å². The van der Waals surface area contributed by atoms with E-state index in [4.69, 9.17) is 30.5 Å². The summed E-state index contributed by atoms with van der Waals surface area (Å²) in [5.41, 5.74) is 1.01. The summed E-state index contributed by atoms with van der Waals surface area (Å²) in [6.45, 7) is 1.46. The number of benzene rings is 2. The molecule has 0 saturated heterocycles. The van der Waals surface area contributed by atoms with Crippen LogP contribution in [-0.4, -0.2) is 39.3 Å². The largest absolute Gasteiger partial charge is 0.497 e. The summed E-state index contributed by atoms with van der Waals surface area (Å²) in [6.07, 6.45) is 1.69. The second-order valence-corrected chi connectivity index (χ2v) is 6.29. The highest BCUT2D eigenvalue weighted by Gasteiger charge is 2.18. The minimum atomic E-state index is -1.04. The molecule has 0 aliphatic carbocycles. The second kappa shape index (κ2) is 10.4. The molecule has 1 amide bonds. The summed E-state index contributed by atoms with van der Waals surface area (Å²) in [7, 11) is 4.53. The monoisotopic (exact) mass is 419 g/mol. The molecule has 1 N–H and O–H groups in total. The van der Waals surface area contributed by atoms with Crippen molar-refractivity contribution in [3.8, 4) is 17.2 Å². The van der Waals surface area contributed by atoms with Gasteiger partial charge in [-0.3, -0.25) is 4.79 Å². The standard InChI is InChI=1S/C21H22ClNO6/c1-13(21(25)23-17-12-15(22)6-8-19(17)28-4)29-20(24)10-5-14-11-16(26-2)7-9-18(14)27-3/h5-13H,1-4H3,(H,23,25)/b10-5+/t13-/m1/s1. The van der Waals surface area contributed by atoms with Crippen LogP contribution in [0.3, 0.4) is 0 Å². The van der Waals surface area contributed by atoms with Gasteiger partial charge in [0.15, 0.2) is 6.10 Å². The van der Waals surface area contributed by atoms with Crippen molar-refractivity contribution < 1.29 is 28.5 Å². The first-order valence-corrected chi connectivity index (χ1v) is 9.00. The first-order valence-electron chi connectivity index (χ1n) is 8.63. The van der Waals surface area contributed by atoms with E-state index in [9.17, 15) is 9.59 Å². The fraction of sp³-hybridized carbons (Fsp3) is 0.238. The molecule has 0 bridgehead atoms. The van der Waals surface area contributed by atoms with Gasteiger partial charge in [-0.15, -0.1) is 0 Å². The Kier molecular flexibility index (Phi) is 7.91. The van der Waals surface area contributed by atoms with Crippen LogP contribution in [-0.2, 0) is 14.3 Å². The van der Waals surface area contributed by atoms with Crippen molar-refractivity contribution in [1.29, 1.82) is 0 Å². The van der Waals surface area contributed by atoms with Crippen LogP contribution in [0.15, 0.2) is 42.5 Å². The number of nitrogens with one attached hydrogen (secondary N) is 1. The lowest BCUT2D eigenvalue weighted by Crippen LogP contribution is -2.29. The average molecular weight is 420 g/mol. The van der Waals surface area contributed by atoms with E-state index in [0.29, 0.717) is 33.5 Å². The van der Waals surface area contributed by atoms with Crippen molar-refractivity contribution in [1.82, 2.24) is 0 Å². The molecule has 2 aromatic carbocycles. The van der Waals surface area contributed by atoms with Gasteiger partial charge in [-0.2, -0.15) is 0 Å². The van der Waals surface area contributed by atoms with Gasteiger partial charge in [0.2, 0.25) is 0 Å². The van der Waals surface area contributed by atoms with Gasteiger partial charge in [0.25, 0.3) is 5.91 Å². The van der Waals surface area contributed by atoms with Crippen molar-refractivity contribution >= 4 is 35.2 Å². The Bertz CT molecular complexity index is 912. The summed E-state index contributed by atoms with van der Waals surface area (Å²) >= 11 is 5.95. The number of esters is 1. The van der Waals surface area contributed by atoms with E-state index in [1.54, 1.807) is 43.5 Å². The summed E-state index contributed by atoms with van der Waals surface area (Å²) in [4.78, 5) is 24.4. The predicted molar refractivity (Wildman–Crippen MR) is 111 cm³/mol. The molecule has 0 saturated carbocycles. The molecular weight excluding hydrogens is 398 g/mol. The fourth-order valence-corrected chi connectivity index (χ4v) is 2.58. The molecule has 1 atom stereocenters. The summed E-state index contributed by atoms with van der Waals surface area (Å²) in [6, 6.07) is 9.98. The van der Waals surface area contributed by atoms with Crippen LogP contribution in [0.4, 0.5) is 5.69 Å². The highest BCUT2D eigenvalue weighted by Crippen LogP contribution is 2.28. The number of ether oxygens (including phenoxy) is 4. The highest BCUT2D eigenvalue weighted by molar-refractivity contribution is 6.31. The van der Waals surface area contributed by atoms with Crippen molar-refractivity contribution in [2.24, 2.45) is 0 Å². The molecule has 0 aromatic heterocycles. The topological polar surface area (TPSA) is 83.1 Å². The van der Waals surface area contributed by atoms with E-state index in [1.807, 2.05) is 0 Å². The number of hydrogen-bond donors (Lipinski definition) is 1. The smallest absolute Gasteiger partial charge is 0.331 e. The number of hydrogen-bond acceptors (Lipinski definition) is 6. The maximum absolute atomic E-state index is 12.3. The maximum atomic E-state index is 12.3.